The number of amidine groups is 1. The van der Waals surface area contributed by atoms with Crippen LogP contribution in [0.4, 0.5) is 0 Å². The summed E-state index contributed by atoms with van der Waals surface area (Å²) in [5.74, 6) is 0.753. The fourth-order valence-corrected chi connectivity index (χ4v) is 7.63. The van der Waals surface area contributed by atoms with Crippen molar-refractivity contribution in [2.75, 3.05) is 18.6 Å². The van der Waals surface area contributed by atoms with Gasteiger partial charge in [0.2, 0.25) is 0 Å². The number of aliphatic imine (C=N–C) groups is 1. The number of thioether (sulfide) groups is 1. The summed E-state index contributed by atoms with van der Waals surface area (Å²) < 4.78 is 29.4. The highest BCUT2D eigenvalue weighted by molar-refractivity contribution is 8.15. The van der Waals surface area contributed by atoms with E-state index in [1.54, 1.807) is 7.11 Å². The molecule has 2 fully saturated rings. The van der Waals surface area contributed by atoms with Crippen LogP contribution in [-0.2, 0) is 27.6 Å². The number of methoxy groups -OCH3 is 1. The summed E-state index contributed by atoms with van der Waals surface area (Å²) >= 11 is 1.41. The molecule has 6 nitrogen and oxygen atoms in total. The molecule has 2 aromatic carbocycles. The summed E-state index contributed by atoms with van der Waals surface area (Å²) in [5.41, 5.74) is 1.92. The molecule has 0 bridgehead atoms. The van der Waals surface area contributed by atoms with Crippen molar-refractivity contribution < 1.29 is 17.9 Å². The standard InChI is InChI=1S/C21H22N2O4S2/c1-27-17-9-7-15(8-10-17)11-20(24)22-21-23(12-16-5-3-2-4-6-16)18-13-29(25,26)14-19(18)28-21/h2-10,18-19H,11-14H2,1H3/t18-,19+/m1/s1. The highest BCUT2D eigenvalue weighted by Crippen LogP contribution is 2.39. The SMILES string of the molecule is COc1ccc(CC(=O)N=C2S[C@H]3CS(=O)(=O)C[C@H]3N2Cc2ccccc2)cc1. The molecule has 8 heteroatoms. The van der Waals surface area contributed by atoms with Gasteiger partial charge in [-0.3, -0.25) is 4.79 Å². The highest BCUT2D eigenvalue weighted by Gasteiger charge is 2.48. The number of carbonyl (C=O) groups is 1. The first-order valence-corrected chi connectivity index (χ1v) is 12.1. The third kappa shape index (κ3) is 4.64. The van der Waals surface area contributed by atoms with Gasteiger partial charge in [0, 0.05) is 11.8 Å². The molecule has 0 radical (unpaired) electrons. The van der Waals surface area contributed by atoms with E-state index < -0.39 is 9.84 Å². The minimum absolute atomic E-state index is 0.0729. The Morgan fingerprint density at radius 3 is 2.52 bits per heavy atom. The number of sulfone groups is 1. The molecule has 152 valence electrons. The predicted molar refractivity (Wildman–Crippen MR) is 115 cm³/mol. The molecule has 2 saturated heterocycles. The van der Waals surface area contributed by atoms with E-state index >= 15 is 0 Å². The zero-order valence-electron chi connectivity index (χ0n) is 16.0. The van der Waals surface area contributed by atoms with Crippen LogP contribution in [0.2, 0.25) is 0 Å². The maximum absolute atomic E-state index is 12.6. The number of carbonyl (C=O) groups excluding carboxylic acids is 1. The Morgan fingerprint density at radius 2 is 1.83 bits per heavy atom. The summed E-state index contributed by atoms with van der Waals surface area (Å²) in [4.78, 5) is 18.9. The molecular weight excluding hydrogens is 408 g/mol. The molecule has 2 aliphatic rings. The number of hydrogen-bond donors (Lipinski definition) is 0. The van der Waals surface area contributed by atoms with Gasteiger partial charge >= 0.3 is 0 Å². The van der Waals surface area contributed by atoms with E-state index in [0.29, 0.717) is 11.7 Å². The number of nitrogens with zero attached hydrogens (tertiary/aromatic N) is 2. The maximum Gasteiger partial charge on any atom is 0.252 e. The molecule has 2 aromatic rings. The van der Waals surface area contributed by atoms with Gasteiger partial charge in [-0.15, -0.1) is 0 Å². The van der Waals surface area contributed by atoms with Gasteiger partial charge < -0.3 is 9.64 Å². The van der Waals surface area contributed by atoms with Crippen LogP contribution in [0.1, 0.15) is 11.1 Å². The lowest BCUT2D eigenvalue weighted by Gasteiger charge is -2.24. The smallest absolute Gasteiger partial charge is 0.252 e. The molecule has 0 unspecified atom stereocenters. The van der Waals surface area contributed by atoms with Gasteiger partial charge in [0.15, 0.2) is 15.0 Å². The maximum atomic E-state index is 12.6. The Hall–Kier alpha value is -2.32. The van der Waals surface area contributed by atoms with Crippen LogP contribution in [-0.4, -0.2) is 54.3 Å². The average Bonchev–Trinajstić information content (AvgIpc) is 3.15. The molecule has 2 atom stereocenters. The van der Waals surface area contributed by atoms with Crippen LogP contribution >= 0.6 is 11.8 Å². The van der Waals surface area contributed by atoms with Crippen LogP contribution in [0.3, 0.4) is 0 Å². The zero-order chi connectivity index (χ0) is 20.4. The van der Waals surface area contributed by atoms with E-state index in [4.69, 9.17) is 4.74 Å². The highest BCUT2D eigenvalue weighted by atomic mass is 32.2. The molecule has 2 aliphatic heterocycles. The van der Waals surface area contributed by atoms with Crippen molar-refractivity contribution >= 4 is 32.7 Å². The third-order valence-electron chi connectivity index (χ3n) is 5.11. The molecule has 0 saturated carbocycles. The summed E-state index contributed by atoms with van der Waals surface area (Å²) in [6.07, 6.45) is 0.195. The van der Waals surface area contributed by atoms with Crippen molar-refractivity contribution in [3.05, 3.63) is 65.7 Å². The van der Waals surface area contributed by atoms with E-state index in [2.05, 4.69) is 4.99 Å². The van der Waals surface area contributed by atoms with Crippen LogP contribution in [0.5, 0.6) is 5.75 Å². The van der Waals surface area contributed by atoms with Gasteiger partial charge in [0.25, 0.3) is 5.91 Å². The molecule has 2 heterocycles. The van der Waals surface area contributed by atoms with E-state index in [0.717, 1.165) is 16.9 Å². The lowest BCUT2D eigenvalue weighted by molar-refractivity contribution is -0.117. The van der Waals surface area contributed by atoms with Crippen LogP contribution in [0.15, 0.2) is 59.6 Å². The Bertz CT molecular complexity index is 1020. The average molecular weight is 431 g/mol. The van der Waals surface area contributed by atoms with Gasteiger partial charge in [-0.2, -0.15) is 4.99 Å². The monoisotopic (exact) mass is 430 g/mol. The van der Waals surface area contributed by atoms with Crippen molar-refractivity contribution in [3.8, 4) is 5.75 Å². The van der Waals surface area contributed by atoms with Gasteiger partial charge in [0.05, 0.1) is 31.1 Å². The lowest BCUT2D eigenvalue weighted by atomic mass is 10.1. The molecule has 29 heavy (non-hydrogen) atoms. The number of fused-ring (bicyclic) bond motifs is 1. The largest absolute Gasteiger partial charge is 0.497 e. The molecule has 0 aliphatic carbocycles. The third-order valence-corrected chi connectivity index (χ3v) is 8.35. The van der Waals surface area contributed by atoms with E-state index in [1.165, 1.54) is 11.8 Å². The first-order chi connectivity index (χ1) is 13.9. The molecule has 4 rings (SSSR count). The minimum atomic E-state index is -3.05. The van der Waals surface area contributed by atoms with Crippen LogP contribution in [0.25, 0.3) is 0 Å². The molecule has 1 amide bonds. The molecule has 0 spiro atoms. The second-order valence-corrected chi connectivity index (χ2v) is 10.6. The Morgan fingerprint density at radius 1 is 1.10 bits per heavy atom. The van der Waals surface area contributed by atoms with Crippen molar-refractivity contribution in [1.82, 2.24) is 4.90 Å². The second-order valence-electron chi connectivity index (χ2n) is 7.23. The van der Waals surface area contributed by atoms with E-state index in [1.807, 2.05) is 59.5 Å². The molecular formula is C21H22N2O4S2. The fraction of sp³-hybridized carbons (Fsp3) is 0.333. The van der Waals surface area contributed by atoms with Gasteiger partial charge in [-0.05, 0) is 23.3 Å². The van der Waals surface area contributed by atoms with Crippen LogP contribution < -0.4 is 4.74 Å². The van der Waals surface area contributed by atoms with E-state index in [9.17, 15) is 13.2 Å². The number of ether oxygens (including phenoxy) is 1. The lowest BCUT2D eigenvalue weighted by Crippen LogP contribution is -2.37. The van der Waals surface area contributed by atoms with Crippen molar-refractivity contribution in [2.45, 2.75) is 24.3 Å². The first kappa shape index (κ1) is 20.0. The van der Waals surface area contributed by atoms with Crippen molar-refractivity contribution in [3.63, 3.8) is 0 Å². The summed E-state index contributed by atoms with van der Waals surface area (Å²) in [7, 11) is -1.45. The van der Waals surface area contributed by atoms with Gasteiger partial charge in [-0.1, -0.05) is 54.2 Å². The minimum Gasteiger partial charge on any atom is -0.497 e. The van der Waals surface area contributed by atoms with Crippen molar-refractivity contribution in [2.24, 2.45) is 4.99 Å². The summed E-state index contributed by atoms with van der Waals surface area (Å²) in [6, 6.07) is 17.0. The fourth-order valence-electron chi connectivity index (χ4n) is 3.66. The molecule has 0 aromatic heterocycles. The summed E-state index contributed by atoms with van der Waals surface area (Å²) in [6.45, 7) is 0.541. The Labute approximate surface area is 174 Å². The van der Waals surface area contributed by atoms with Crippen LogP contribution in [0, 0.1) is 0 Å². The summed E-state index contributed by atoms with van der Waals surface area (Å²) in [5, 5.41) is 0.550. The topological polar surface area (TPSA) is 76.0 Å². The number of amides is 1. The zero-order valence-corrected chi connectivity index (χ0v) is 17.7. The quantitative estimate of drug-likeness (QED) is 0.726. The molecule has 0 N–H and O–H groups in total. The Kier molecular flexibility index (Phi) is 5.65. The normalized spacial score (nSPS) is 23.9. The predicted octanol–water partition coefficient (Wildman–Crippen LogP) is 2.53. The van der Waals surface area contributed by atoms with E-state index in [-0.39, 0.29) is 35.1 Å². The Balaban J connectivity index is 1.54. The first-order valence-electron chi connectivity index (χ1n) is 9.35. The number of benzene rings is 2. The number of rotatable bonds is 5. The van der Waals surface area contributed by atoms with Gasteiger partial charge in [-0.25, -0.2) is 8.42 Å². The second kappa shape index (κ2) is 8.20. The number of hydrogen-bond acceptors (Lipinski definition) is 5. The van der Waals surface area contributed by atoms with Crippen molar-refractivity contribution in [1.29, 1.82) is 0 Å². The van der Waals surface area contributed by atoms with Gasteiger partial charge in [0.1, 0.15) is 5.75 Å².